The zero-order valence-electron chi connectivity index (χ0n) is 16.4. The molecule has 2 atom stereocenters. The summed E-state index contributed by atoms with van der Waals surface area (Å²) in [5.41, 5.74) is 2.96. The summed E-state index contributed by atoms with van der Waals surface area (Å²) in [5.74, 6) is 1.66. The molecule has 0 aromatic heterocycles. The van der Waals surface area contributed by atoms with Gasteiger partial charge in [0.2, 0.25) is 5.75 Å². The molecule has 1 aliphatic carbocycles. The van der Waals surface area contributed by atoms with Gasteiger partial charge in [-0.05, 0) is 18.6 Å². The second-order valence-corrected chi connectivity index (χ2v) is 7.65. The maximum atomic E-state index is 12.9. The molecule has 2 aromatic rings. The summed E-state index contributed by atoms with van der Waals surface area (Å²) in [6.07, 6.45) is 0.0390. The van der Waals surface area contributed by atoms with Gasteiger partial charge in [0, 0.05) is 16.7 Å². The third-order valence-electron chi connectivity index (χ3n) is 6.49. The fourth-order valence-electron chi connectivity index (χ4n) is 4.81. The summed E-state index contributed by atoms with van der Waals surface area (Å²) < 4.78 is 24.3. The van der Waals surface area contributed by atoms with Crippen molar-refractivity contribution in [2.75, 3.05) is 40.5 Å². The van der Waals surface area contributed by atoms with Crippen molar-refractivity contribution >= 4 is 5.78 Å². The lowest BCUT2D eigenvalue weighted by Gasteiger charge is -2.26. The highest BCUT2D eigenvalue weighted by Crippen LogP contribution is 2.53. The van der Waals surface area contributed by atoms with E-state index in [0.717, 1.165) is 41.9 Å². The third kappa shape index (κ3) is 2.25. The van der Waals surface area contributed by atoms with Crippen molar-refractivity contribution in [2.24, 2.45) is 0 Å². The first-order valence-electron chi connectivity index (χ1n) is 9.66. The van der Waals surface area contributed by atoms with Crippen LogP contribution in [0.2, 0.25) is 0 Å². The normalized spacial score (nSPS) is 23.9. The van der Waals surface area contributed by atoms with Crippen LogP contribution in [0.5, 0.6) is 17.2 Å². The van der Waals surface area contributed by atoms with Gasteiger partial charge >= 0.3 is 0 Å². The standard InChI is InChI=1S/C22H24NO5/c1-13-22(23(13)8-10-27-11-9-23)28-20-17(25-2)12-16-18(21(20)26-3)14-6-4-5-7-15(14)19(16)24/h4-7,12-13,22H,8-11H2,1-3H3/q+1. The number of methoxy groups -OCH3 is 2. The van der Waals surface area contributed by atoms with E-state index in [1.54, 1.807) is 20.3 Å². The SMILES string of the molecule is COc1cc2c(c(OC)c1OC1C(C)[N+]13CCOCC3)-c1ccccc1C2=O. The molecule has 5 rings (SSSR count). The quantitative estimate of drug-likeness (QED) is 0.513. The molecule has 2 aliphatic heterocycles. The Hall–Kier alpha value is -2.57. The Morgan fingerprint density at radius 3 is 2.39 bits per heavy atom. The predicted molar refractivity (Wildman–Crippen MR) is 103 cm³/mol. The smallest absolute Gasteiger partial charge is 0.286 e. The average molecular weight is 382 g/mol. The van der Waals surface area contributed by atoms with Crippen LogP contribution in [0.15, 0.2) is 30.3 Å². The van der Waals surface area contributed by atoms with E-state index in [1.165, 1.54) is 0 Å². The number of rotatable bonds is 4. The molecule has 2 aromatic carbocycles. The van der Waals surface area contributed by atoms with Gasteiger partial charge in [0.1, 0.15) is 13.1 Å². The van der Waals surface area contributed by atoms with Crippen molar-refractivity contribution in [1.29, 1.82) is 0 Å². The van der Waals surface area contributed by atoms with E-state index < -0.39 is 0 Å². The third-order valence-corrected chi connectivity index (χ3v) is 6.49. The number of carbonyl (C=O) groups excluding carboxylic acids is 1. The minimum atomic E-state index is -0.00905. The van der Waals surface area contributed by atoms with E-state index in [2.05, 4.69) is 6.92 Å². The van der Waals surface area contributed by atoms with Gasteiger partial charge in [-0.15, -0.1) is 0 Å². The Morgan fingerprint density at radius 2 is 1.71 bits per heavy atom. The predicted octanol–water partition coefficient (Wildman–Crippen LogP) is 2.87. The molecule has 2 unspecified atom stereocenters. The van der Waals surface area contributed by atoms with Gasteiger partial charge in [-0.25, -0.2) is 0 Å². The van der Waals surface area contributed by atoms with Gasteiger partial charge in [0.25, 0.3) is 6.23 Å². The molecular formula is C22H24NO5+. The number of morpholine rings is 1. The van der Waals surface area contributed by atoms with Gasteiger partial charge in [-0.1, -0.05) is 24.3 Å². The molecule has 146 valence electrons. The Kier molecular flexibility index (Phi) is 3.89. The largest absolute Gasteiger partial charge is 0.493 e. The molecule has 28 heavy (non-hydrogen) atoms. The van der Waals surface area contributed by atoms with Crippen LogP contribution in [0, 0.1) is 0 Å². The van der Waals surface area contributed by atoms with Crippen molar-refractivity contribution in [3.8, 4) is 28.4 Å². The molecule has 0 saturated carbocycles. The van der Waals surface area contributed by atoms with E-state index in [0.29, 0.717) is 34.4 Å². The number of hydrogen-bond acceptors (Lipinski definition) is 5. The zero-order valence-corrected chi connectivity index (χ0v) is 16.4. The summed E-state index contributed by atoms with van der Waals surface area (Å²) in [7, 11) is 3.21. The number of nitrogens with zero attached hydrogens (tertiary/aromatic N) is 1. The lowest BCUT2D eigenvalue weighted by atomic mass is 10.0. The molecule has 6 heteroatoms. The second kappa shape index (κ2) is 6.22. The number of ether oxygens (including phenoxy) is 4. The van der Waals surface area contributed by atoms with E-state index in [-0.39, 0.29) is 12.0 Å². The van der Waals surface area contributed by atoms with Crippen LogP contribution in [0.1, 0.15) is 22.8 Å². The Labute approximate surface area is 164 Å². The van der Waals surface area contributed by atoms with Gasteiger partial charge < -0.3 is 18.9 Å². The molecule has 2 heterocycles. The maximum absolute atomic E-state index is 12.9. The van der Waals surface area contributed by atoms with Gasteiger partial charge in [0.15, 0.2) is 23.3 Å². The summed E-state index contributed by atoms with van der Waals surface area (Å²) >= 11 is 0. The summed E-state index contributed by atoms with van der Waals surface area (Å²) in [6, 6.07) is 9.78. The fraction of sp³-hybridized carbons (Fsp3) is 0.409. The lowest BCUT2D eigenvalue weighted by molar-refractivity contribution is -0.845. The van der Waals surface area contributed by atoms with Crippen LogP contribution in [0.3, 0.4) is 0 Å². The Bertz CT molecular complexity index is 964. The maximum Gasteiger partial charge on any atom is 0.286 e. The minimum absolute atomic E-state index is 0.00905. The van der Waals surface area contributed by atoms with Crippen LogP contribution in [0.4, 0.5) is 0 Å². The van der Waals surface area contributed by atoms with Crippen molar-refractivity contribution in [3.05, 3.63) is 41.5 Å². The van der Waals surface area contributed by atoms with Crippen molar-refractivity contribution in [3.63, 3.8) is 0 Å². The van der Waals surface area contributed by atoms with Gasteiger partial charge in [-0.3, -0.25) is 9.28 Å². The van der Waals surface area contributed by atoms with E-state index >= 15 is 0 Å². The number of quaternary nitrogens is 1. The first-order valence-corrected chi connectivity index (χ1v) is 9.66. The molecule has 2 fully saturated rings. The molecular weight excluding hydrogens is 358 g/mol. The molecule has 1 spiro atoms. The Morgan fingerprint density at radius 1 is 1.00 bits per heavy atom. The number of carbonyl (C=O) groups is 1. The summed E-state index contributed by atoms with van der Waals surface area (Å²) in [5, 5.41) is 0. The van der Waals surface area contributed by atoms with Crippen LogP contribution in [-0.4, -0.2) is 63.1 Å². The first kappa shape index (κ1) is 17.5. The highest BCUT2D eigenvalue weighted by atomic mass is 16.6. The topological polar surface area (TPSA) is 54.0 Å². The number of ketones is 1. The van der Waals surface area contributed by atoms with Gasteiger partial charge in [-0.2, -0.15) is 0 Å². The molecule has 2 saturated heterocycles. The first-order chi connectivity index (χ1) is 13.6. The average Bonchev–Trinajstić information content (AvgIpc) is 3.12. The molecule has 6 nitrogen and oxygen atoms in total. The molecule has 0 radical (unpaired) electrons. The molecule has 0 N–H and O–H groups in total. The summed E-state index contributed by atoms with van der Waals surface area (Å²) in [4.78, 5) is 12.9. The zero-order chi connectivity index (χ0) is 19.5. The van der Waals surface area contributed by atoms with Gasteiger partial charge in [0.05, 0.1) is 27.4 Å². The van der Waals surface area contributed by atoms with Crippen LogP contribution >= 0.6 is 0 Å². The van der Waals surface area contributed by atoms with E-state index in [1.807, 2.05) is 24.3 Å². The monoisotopic (exact) mass is 382 g/mol. The minimum Gasteiger partial charge on any atom is -0.493 e. The van der Waals surface area contributed by atoms with Crippen molar-refractivity contribution in [2.45, 2.75) is 19.2 Å². The highest BCUT2D eigenvalue weighted by Gasteiger charge is 2.66. The van der Waals surface area contributed by atoms with Crippen LogP contribution < -0.4 is 14.2 Å². The Balaban J connectivity index is 1.61. The summed E-state index contributed by atoms with van der Waals surface area (Å²) in [6.45, 7) is 5.61. The van der Waals surface area contributed by atoms with E-state index in [9.17, 15) is 4.79 Å². The van der Waals surface area contributed by atoms with Crippen LogP contribution in [0.25, 0.3) is 11.1 Å². The second-order valence-electron chi connectivity index (χ2n) is 7.65. The lowest BCUT2D eigenvalue weighted by Crippen LogP contribution is -2.42. The van der Waals surface area contributed by atoms with E-state index in [4.69, 9.17) is 18.9 Å². The number of hydrogen-bond donors (Lipinski definition) is 0. The molecule has 0 amide bonds. The molecule has 3 aliphatic rings. The fourth-order valence-corrected chi connectivity index (χ4v) is 4.81. The number of benzene rings is 2. The highest BCUT2D eigenvalue weighted by molar-refractivity contribution is 6.23. The molecule has 0 bridgehead atoms. The van der Waals surface area contributed by atoms with Crippen molar-refractivity contribution < 1.29 is 28.2 Å². The van der Waals surface area contributed by atoms with Crippen molar-refractivity contribution in [1.82, 2.24) is 0 Å². The number of fused-ring (bicyclic) bond motifs is 3. The van der Waals surface area contributed by atoms with Crippen LogP contribution in [-0.2, 0) is 4.74 Å².